The van der Waals surface area contributed by atoms with Crippen molar-refractivity contribution in [3.8, 4) is 0 Å². The standard InChI is InChI=1S/C21H25N3OS/c1-2-26-19-9-5-7-17(19)23-20-11-10-16(14-22-20)21(25)24-13-12-15-6-3-4-8-18(15)24/h3-4,6,8,10-11,14,17,19H,2,5,7,9,12-13H2,1H3,(H,22,23). The van der Waals surface area contributed by atoms with Crippen LogP contribution in [0.1, 0.15) is 42.1 Å². The lowest BCUT2D eigenvalue weighted by molar-refractivity contribution is 0.0989. The minimum atomic E-state index is 0.0364. The summed E-state index contributed by atoms with van der Waals surface area (Å²) in [6.45, 7) is 2.96. The van der Waals surface area contributed by atoms with E-state index in [1.54, 1.807) is 6.20 Å². The van der Waals surface area contributed by atoms with E-state index in [1.807, 2.05) is 47.0 Å². The first-order valence-corrected chi connectivity index (χ1v) is 10.5. The molecule has 26 heavy (non-hydrogen) atoms. The normalized spacial score (nSPS) is 21.7. The van der Waals surface area contributed by atoms with Crippen molar-refractivity contribution in [2.24, 2.45) is 0 Å². The lowest BCUT2D eigenvalue weighted by atomic mass is 10.2. The molecule has 1 aliphatic heterocycles. The molecule has 2 unspecified atom stereocenters. The Labute approximate surface area is 159 Å². The Hall–Kier alpha value is -2.01. The molecule has 2 aromatic rings. The number of carbonyl (C=O) groups excluding carboxylic acids is 1. The highest BCUT2D eigenvalue weighted by Crippen LogP contribution is 2.32. The molecule has 1 saturated carbocycles. The van der Waals surface area contributed by atoms with Crippen LogP contribution in [0.15, 0.2) is 42.6 Å². The van der Waals surface area contributed by atoms with Gasteiger partial charge in [-0.05, 0) is 48.8 Å². The molecule has 1 aromatic heterocycles. The van der Waals surface area contributed by atoms with E-state index in [-0.39, 0.29) is 5.91 Å². The van der Waals surface area contributed by atoms with Crippen LogP contribution in [0, 0.1) is 0 Å². The largest absolute Gasteiger partial charge is 0.366 e. The summed E-state index contributed by atoms with van der Waals surface area (Å²) in [5.74, 6) is 2.06. The molecular formula is C21H25N3OS. The van der Waals surface area contributed by atoms with E-state index >= 15 is 0 Å². The van der Waals surface area contributed by atoms with Gasteiger partial charge < -0.3 is 10.2 Å². The van der Waals surface area contributed by atoms with E-state index in [0.29, 0.717) is 16.9 Å². The zero-order valence-corrected chi connectivity index (χ0v) is 16.0. The van der Waals surface area contributed by atoms with Crippen LogP contribution < -0.4 is 10.2 Å². The van der Waals surface area contributed by atoms with Crippen LogP contribution in [0.3, 0.4) is 0 Å². The number of aromatic nitrogens is 1. The number of nitrogens with one attached hydrogen (secondary N) is 1. The molecule has 1 aromatic carbocycles. The van der Waals surface area contributed by atoms with Crippen LogP contribution in [0.4, 0.5) is 11.5 Å². The predicted octanol–water partition coefficient (Wildman–Crippen LogP) is 4.37. The van der Waals surface area contributed by atoms with Gasteiger partial charge in [0.2, 0.25) is 0 Å². The fourth-order valence-corrected chi connectivity index (χ4v) is 5.20. The number of benzene rings is 1. The minimum absolute atomic E-state index is 0.0364. The van der Waals surface area contributed by atoms with Gasteiger partial charge in [0.15, 0.2) is 0 Å². The van der Waals surface area contributed by atoms with E-state index < -0.39 is 0 Å². The van der Waals surface area contributed by atoms with Crippen molar-refractivity contribution in [1.82, 2.24) is 4.98 Å². The summed E-state index contributed by atoms with van der Waals surface area (Å²) in [5.41, 5.74) is 2.93. The fourth-order valence-electron chi connectivity index (χ4n) is 4.01. The van der Waals surface area contributed by atoms with Crippen LogP contribution in [-0.2, 0) is 6.42 Å². The summed E-state index contributed by atoms with van der Waals surface area (Å²) in [6, 6.07) is 12.5. The van der Waals surface area contributed by atoms with Crippen LogP contribution in [0.5, 0.6) is 0 Å². The third-order valence-electron chi connectivity index (χ3n) is 5.31. The highest BCUT2D eigenvalue weighted by molar-refractivity contribution is 7.99. The van der Waals surface area contributed by atoms with E-state index in [9.17, 15) is 4.79 Å². The van der Waals surface area contributed by atoms with Crippen LogP contribution >= 0.6 is 11.8 Å². The maximum Gasteiger partial charge on any atom is 0.259 e. The van der Waals surface area contributed by atoms with Gasteiger partial charge >= 0.3 is 0 Å². The minimum Gasteiger partial charge on any atom is -0.366 e. The van der Waals surface area contributed by atoms with Gasteiger partial charge in [-0.1, -0.05) is 31.5 Å². The van der Waals surface area contributed by atoms with Gasteiger partial charge in [-0.2, -0.15) is 11.8 Å². The maximum atomic E-state index is 12.9. The number of thioether (sulfide) groups is 1. The summed E-state index contributed by atoms with van der Waals surface area (Å²) < 4.78 is 0. The molecule has 0 saturated heterocycles. The molecule has 5 heteroatoms. The van der Waals surface area contributed by atoms with Gasteiger partial charge in [-0.25, -0.2) is 4.98 Å². The topological polar surface area (TPSA) is 45.2 Å². The Morgan fingerprint density at radius 3 is 2.96 bits per heavy atom. The average molecular weight is 368 g/mol. The quantitative estimate of drug-likeness (QED) is 0.852. The number of amides is 1. The number of nitrogens with zero attached hydrogens (tertiary/aromatic N) is 2. The number of anilines is 2. The molecule has 1 amide bonds. The highest BCUT2D eigenvalue weighted by Gasteiger charge is 2.28. The van der Waals surface area contributed by atoms with Crippen molar-refractivity contribution in [2.45, 2.75) is 43.9 Å². The molecule has 4 rings (SSSR count). The van der Waals surface area contributed by atoms with Gasteiger partial charge in [0.25, 0.3) is 5.91 Å². The molecular weight excluding hydrogens is 342 g/mol. The number of rotatable bonds is 5. The second-order valence-corrected chi connectivity index (χ2v) is 8.46. The average Bonchev–Trinajstić information content (AvgIpc) is 3.29. The third kappa shape index (κ3) is 3.45. The summed E-state index contributed by atoms with van der Waals surface area (Å²) >= 11 is 2.03. The van der Waals surface area contributed by atoms with Crippen LogP contribution in [0.25, 0.3) is 0 Å². The van der Waals surface area contributed by atoms with Gasteiger partial charge in [-0.15, -0.1) is 0 Å². The van der Waals surface area contributed by atoms with Crippen molar-refractivity contribution in [3.63, 3.8) is 0 Å². The van der Waals surface area contributed by atoms with Crippen molar-refractivity contribution in [3.05, 3.63) is 53.7 Å². The van der Waals surface area contributed by atoms with Crippen molar-refractivity contribution in [2.75, 3.05) is 22.5 Å². The smallest absolute Gasteiger partial charge is 0.259 e. The van der Waals surface area contributed by atoms with Crippen LogP contribution in [-0.4, -0.2) is 34.5 Å². The second-order valence-electron chi connectivity index (χ2n) is 6.94. The van der Waals surface area contributed by atoms with E-state index in [0.717, 1.165) is 30.2 Å². The number of para-hydroxylation sites is 1. The third-order valence-corrected chi connectivity index (χ3v) is 6.64. The van der Waals surface area contributed by atoms with Crippen molar-refractivity contribution in [1.29, 1.82) is 0 Å². The Kier molecular flexibility index (Phi) is 5.16. The summed E-state index contributed by atoms with van der Waals surface area (Å²) in [4.78, 5) is 19.2. The van der Waals surface area contributed by atoms with E-state index in [4.69, 9.17) is 0 Å². The zero-order valence-electron chi connectivity index (χ0n) is 15.1. The number of pyridine rings is 1. The molecule has 0 spiro atoms. The van der Waals surface area contributed by atoms with Gasteiger partial charge in [0.05, 0.1) is 5.56 Å². The summed E-state index contributed by atoms with van der Waals surface area (Å²) in [6.07, 6.45) is 6.39. The van der Waals surface area contributed by atoms with E-state index in [1.165, 1.54) is 24.8 Å². The molecule has 2 atom stereocenters. The molecule has 4 nitrogen and oxygen atoms in total. The molecule has 1 fully saturated rings. The molecule has 0 bridgehead atoms. The van der Waals surface area contributed by atoms with Crippen molar-refractivity contribution < 1.29 is 4.79 Å². The zero-order chi connectivity index (χ0) is 17.9. The van der Waals surface area contributed by atoms with Crippen LogP contribution in [0.2, 0.25) is 0 Å². The first-order chi connectivity index (χ1) is 12.8. The SMILES string of the molecule is CCSC1CCCC1Nc1ccc(C(=O)N2CCc3ccccc32)cn1. The highest BCUT2D eigenvalue weighted by atomic mass is 32.2. The van der Waals surface area contributed by atoms with Crippen molar-refractivity contribution >= 4 is 29.2 Å². The van der Waals surface area contributed by atoms with Gasteiger partial charge in [-0.3, -0.25) is 4.79 Å². The second kappa shape index (κ2) is 7.70. The number of hydrogen-bond acceptors (Lipinski definition) is 4. The Bertz CT molecular complexity index is 777. The molecule has 2 aliphatic rings. The van der Waals surface area contributed by atoms with Gasteiger partial charge in [0.1, 0.15) is 5.82 Å². The fraction of sp³-hybridized carbons (Fsp3) is 0.429. The number of carbonyl (C=O) groups is 1. The number of fused-ring (bicyclic) bond motifs is 1. The lowest BCUT2D eigenvalue weighted by Gasteiger charge is -2.21. The first-order valence-electron chi connectivity index (χ1n) is 9.50. The maximum absolute atomic E-state index is 12.9. The Morgan fingerprint density at radius 2 is 2.15 bits per heavy atom. The summed E-state index contributed by atoms with van der Waals surface area (Å²) in [5, 5.41) is 4.24. The van der Waals surface area contributed by atoms with Gasteiger partial charge in [0, 0.05) is 29.7 Å². The first kappa shape index (κ1) is 17.4. The Balaban J connectivity index is 1.44. The predicted molar refractivity (Wildman–Crippen MR) is 109 cm³/mol. The molecule has 1 N–H and O–H groups in total. The monoisotopic (exact) mass is 367 g/mol. The molecule has 136 valence electrons. The Morgan fingerprint density at radius 1 is 1.27 bits per heavy atom. The molecule has 1 aliphatic carbocycles. The molecule has 2 heterocycles. The molecule has 0 radical (unpaired) electrons. The summed E-state index contributed by atoms with van der Waals surface area (Å²) in [7, 11) is 0. The number of hydrogen-bond donors (Lipinski definition) is 1. The lowest BCUT2D eigenvalue weighted by Crippen LogP contribution is -2.29. The van der Waals surface area contributed by atoms with E-state index in [2.05, 4.69) is 23.3 Å².